The number of nitro groups is 1. The van der Waals surface area contributed by atoms with E-state index in [0.29, 0.717) is 40.9 Å². The minimum atomic E-state index is -0.884. The van der Waals surface area contributed by atoms with Crippen molar-refractivity contribution < 1.29 is 14.5 Å². The van der Waals surface area contributed by atoms with Crippen molar-refractivity contribution in [2.24, 2.45) is 0 Å². The number of anilines is 2. The molecule has 0 saturated heterocycles. The number of carbonyl (C=O) groups is 1. The van der Waals surface area contributed by atoms with Gasteiger partial charge in [-0.05, 0) is 56.3 Å². The Morgan fingerprint density at radius 2 is 1.78 bits per heavy atom. The zero-order valence-corrected chi connectivity index (χ0v) is 20.2. The number of benzene rings is 3. The molecule has 0 aliphatic carbocycles. The van der Waals surface area contributed by atoms with Crippen molar-refractivity contribution in [1.29, 1.82) is 0 Å². The van der Waals surface area contributed by atoms with Crippen molar-refractivity contribution in [2.75, 3.05) is 17.2 Å². The van der Waals surface area contributed by atoms with Crippen LogP contribution in [0.15, 0.2) is 90.1 Å². The summed E-state index contributed by atoms with van der Waals surface area (Å²) >= 11 is 0. The van der Waals surface area contributed by atoms with Gasteiger partial charge < -0.3 is 15.4 Å². The number of carbonyl (C=O) groups excluding carboxylic acids is 1. The summed E-state index contributed by atoms with van der Waals surface area (Å²) in [6.45, 7) is 4.21. The highest BCUT2D eigenvalue weighted by Crippen LogP contribution is 2.40. The van der Waals surface area contributed by atoms with Gasteiger partial charge in [-0.2, -0.15) is 4.98 Å². The van der Waals surface area contributed by atoms with Gasteiger partial charge in [-0.15, -0.1) is 5.10 Å². The Labute approximate surface area is 212 Å². The van der Waals surface area contributed by atoms with Gasteiger partial charge in [0, 0.05) is 23.0 Å². The van der Waals surface area contributed by atoms with Crippen molar-refractivity contribution in [2.45, 2.75) is 19.9 Å². The number of ether oxygens (including phenoxy) is 1. The number of rotatable bonds is 7. The van der Waals surface area contributed by atoms with Crippen LogP contribution in [0.3, 0.4) is 0 Å². The predicted octanol–water partition coefficient (Wildman–Crippen LogP) is 5.18. The van der Waals surface area contributed by atoms with E-state index in [-0.39, 0.29) is 5.69 Å². The summed E-state index contributed by atoms with van der Waals surface area (Å²) in [6, 6.07) is 21.8. The first kappa shape index (κ1) is 23.7. The van der Waals surface area contributed by atoms with Crippen LogP contribution in [0.2, 0.25) is 0 Å². The Morgan fingerprint density at radius 1 is 1.08 bits per heavy atom. The third kappa shape index (κ3) is 4.64. The quantitative estimate of drug-likeness (QED) is 0.267. The van der Waals surface area contributed by atoms with Crippen LogP contribution in [0.5, 0.6) is 5.75 Å². The summed E-state index contributed by atoms with van der Waals surface area (Å²) in [7, 11) is 0. The van der Waals surface area contributed by atoms with E-state index in [1.165, 1.54) is 10.7 Å². The van der Waals surface area contributed by atoms with E-state index in [0.717, 1.165) is 11.3 Å². The molecule has 0 saturated carbocycles. The molecule has 1 amide bonds. The first-order chi connectivity index (χ1) is 18.0. The summed E-state index contributed by atoms with van der Waals surface area (Å²) in [4.78, 5) is 29.7. The number of hydrogen-bond donors (Lipinski definition) is 2. The van der Waals surface area contributed by atoms with Crippen LogP contribution in [0.25, 0.3) is 11.4 Å². The Hall–Kier alpha value is -4.99. The van der Waals surface area contributed by atoms with Crippen molar-refractivity contribution in [1.82, 2.24) is 14.8 Å². The van der Waals surface area contributed by atoms with Gasteiger partial charge in [-0.3, -0.25) is 14.9 Å². The number of hydrogen-bond acceptors (Lipinski definition) is 7. The highest BCUT2D eigenvalue weighted by molar-refractivity contribution is 6.06. The number of fused-ring (bicyclic) bond motifs is 1. The van der Waals surface area contributed by atoms with E-state index in [2.05, 4.69) is 15.6 Å². The van der Waals surface area contributed by atoms with Crippen LogP contribution in [-0.4, -0.2) is 32.2 Å². The van der Waals surface area contributed by atoms with Crippen LogP contribution < -0.4 is 15.4 Å². The molecule has 2 N–H and O–H groups in total. The highest BCUT2D eigenvalue weighted by atomic mass is 16.6. The van der Waals surface area contributed by atoms with Gasteiger partial charge in [-0.1, -0.05) is 30.3 Å². The van der Waals surface area contributed by atoms with Crippen LogP contribution in [0.1, 0.15) is 25.5 Å². The molecule has 1 aromatic heterocycles. The molecule has 0 fully saturated rings. The zero-order valence-electron chi connectivity index (χ0n) is 20.2. The number of nitro benzene ring substituents is 1. The second-order valence-corrected chi connectivity index (χ2v) is 8.36. The first-order valence-electron chi connectivity index (χ1n) is 11.7. The fourth-order valence-corrected chi connectivity index (χ4v) is 4.33. The fraction of sp³-hybridized carbons (Fsp3) is 0.148. The number of aromatic nitrogens is 3. The molecule has 3 aromatic carbocycles. The zero-order chi connectivity index (χ0) is 25.9. The van der Waals surface area contributed by atoms with Crippen LogP contribution in [0.4, 0.5) is 17.3 Å². The Morgan fingerprint density at radius 3 is 2.49 bits per heavy atom. The van der Waals surface area contributed by atoms with Gasteiger partial charge in [0.1, 0.15) is 11.8 Å². The van der Waals surface area contributed by atoms with Crippen molar-refractivity contribution >= 4 is 23.2 Å². The lowest BCUT2D eigenvalue weighted by atomic mass is 9.93. The van der Waals surface area contributed by atoms with E-state index in [9.17, 15) is 14.9 Å². The summed E-state index contributed by atoms with van der Waals surface area (Å²) in [6.07, 6.45) is 0. The maximum absolute atomic E-state index is 13.6. The van der Waals surface area contributed by atoms with E-state index in [4.69, 9.17) is 9.84 Å². The molecule has 1 unspecified atom stereocenters. The average Bonchev–Trinajstić information content (AvgIpc) is 3.32. The highest BCUT2D eigenvalue weighted by Gasteiger charge is 2.37. The Balaban J connectivity index is 1.62. The molecule has 186 valence electrons. The van der Waals surface area contributed by atoms with Crippen LogP contribution >= 0.6 is 0 Å². The lowest BCUT2D eigenvalue weighted by Gasteiger charge is -2.28. The molecule has 10 nitrogen and oxygen atoms in total. The molecule has 0 radical (unpaired) electrons. The predicted molar refractivity (Wildman–Crippen MR) is 139 cm³/mol. The molecule has 5 rings (SSSR count). The second kappa shape index (κ2) is 9.94. The number of nitrogens with zero attached hydrogens (tertiary/aromatic N) is 4. The topological polar surface area (TPSA) is 124 Å². The number of amides is 1. The van der Waals surface area contributed by atoms with E-state index >= 15 is 0 Å². The second-order valence-electron chi connectivity index (χ2n) is 8.36. The van der Waals surface area contributed by atoms with Crippen molar-refractivity contribution in [3.05, 3.63) is 106 Å². The van der Waals surface area contributed by atoms with Gasteiger partial charge in [-0.25, -0.2) is 4.68 Å². The molecular formula is C27H24N6O4. The lowest BCUT2D eigenvalue weighted by molar-refractivity contribution is -0.385. The molecular weight excluding hydrogens is 472 g/mol. The lowest BCUT2D eigenvalue weighted by Crippen LogP contribution is -2.31. The van der Waals surface area contributed by atoms with Gasteiger partial charge in [0.2, 0.25) is 5.95 Å². The third-order valence-electron chi connectivity index (χ3n) is 5.98. The Bertz CT molecular complexity index is 1500. The van der Waals surface area contributed by atoms with E-state index < -0.39 is 16.9 Å². The maximum atomic E-state index is 13.6. The smallest absolute Gasteiger partial charge is 0.275 e. The molecule has 1 atom stereocenters. The SMILES string of the molecule is CCOc1ccc(-c2nc3n(n2)C(c2ccccc2[N+](=O)[O-])C(C(=O)Nc2ccccc2)=C(C)N3)cc1. The molecule has 10 heteroatoms. The summed E-state index contributed by atoms with van der Waals surface area (Å²) < 4.78 is 7.05. The summed E-state index contributed by atoms with van der Waals surface area (Å²) in [5.74, 6) is 1.11. The average molecular weight is 497 g/mol. The monoisotopic (exact) mass is 496 g/mol. The summed E-state index contributed by atoms with van der Waals surface area (Å²) in [5.41, 5.74) is 2.38. The molecule has 4 aromatic rings. The van der Waals surface area contributed by atoms with E-state index in [1.54, 1.807) is 37.3 Å². The number of nitrogens with one attached hydrogen (secondary N) is 2. The van der Waals surface area contributed by atoms with Gasteiger partial charge in [0.25, 0.3) is 11.6 Å². The van der Waals surface area contributed by atoms with Crippen LogP contribution in [0, 0.1) is 10.1 Å². The summed E-state index contributed by atoms with van der Waals surface area (Å²) in [5, 5.41) is 22.7. The molecule has 1 aliphatic heterocycles. The van der Waals surface area contributed by atoms with Crippen molar-refractivity contribution in [3.63, 3.8) is 0 Å². The number of allylic oxidation sites excluding steroid dienone is 1. The van der Waals surface area contributed by atoms with Crippen molar-refractivity contribution in [3.8, 4) is 17.1 Å². The normalized spacial score (nSPS) is 14.5. The standard InChI is InChI=1S/C27H24N6O4/c1-3-37-20-15-13-18(14-16-20)25-30-27-28-17(2)23(26(34)29-19-9-5-4-6-10-19)24(32(27)31-25)21-11-7-8-12-22(21)33(35)36/h4-16,24H,3H2,1-2H3,(H,29,34)(H,28,30,31). The molecule has 2 heterocycles. The third-order valence-corrected chi connectivity index (χ3v) is 5.98. The molecule has 1 aliphatic rings. The molecule has 0 spiro atoms. The van der Waals surface area contributed by atoms with Gasteiger partial charge >= 0.3 is 0 Å². The van der Waals surface area contributed by atoms with Gasteiger partial charge in [0.05, 0.1) is 22.7 Å². The fourth-order valence-electron chi connectivity index (χ4n) is 4.33. The molecule has 37 heavy (non-hydrogen) atoms. The molecule has 0 bridgehead atoms. The first-order valence-corrected chi connectivity index (χ1v) is 11.7. The Kier molecular flexibility index (Phi) is 6.38. The van der Waals surface area contributed by atoms with Crippen LogP contribution in [-0.2, 0) is 4.79 Å². The van der Waals surface area contributed by atoms with E-state index in [1.807, 2.05) is 49.4 Å². The largest absolute Gasteiger partial charge is 0.494 e. The number of para-hydroxylation sites is 2. The van der Waals surface area contributed by atoms with Gasteiger partial charge in [0.15, 0.2) is 5.82 Å². The minimum Gasteiger partial charge on any atom is -0.494 e. The minimum absolute atomic E-state index is 0.115. The maximum Gasteiger partial charge on any atom is 0.275 e.